The van der Waals surface area contributed by atoms with Crippen LogP contribution in [0.25, 0.3) is 0 Å². The van der Waals surface area contributed by atoms with Crippen molar-refractivity contribution in [2.45, 2.75) is 13.0 Å². The Balaban J connectivity index is 2.86. The summed E-state index contributed by atoms with van der Waals surface area (Å²) in [6.45, 7) is 1.69. The van der Waals surface area contributed by atoms with Crippen LogP contribution in [0.5, 0.6) is 0 Å². The predicted molar refractivity (Wildman–Crippen MR) is 48.0 cm³/mol. The monoisotopic (exact) mass is 216 g/mol. The van der Waals surface area contributed by atoms with E-state index in [0.717, 1.165) is 18.2 Å². The molecule has 0 unspecified atom stereocenters. The summed E-state index contributed by atoms with van der Waals surface area (Å²) in [5.74, 6) is -3.03. The number of ether oxygens (including phenoxy) is 1. The number of carbonyl (C=O) groups excluding carboxylic acids is 1. The quantitative estimate of drug-likeness (QED) is 0.780. The van der Waals surface area contributed by atoms with Crippen LogP contribution >= 0.6 is 0 Å². The van der Waals surface area contributed by atoms with Gasteiger partial charge >= 0.3 is 5.97 Å². The molecular formula is C10H10F2O3. The summed E-state index contributed by atoms with van der Waals surface area (Å²) < 4.78 is 29.8. The molecule has 0 aliphatic heterocycles. The number of hydrogen-bond donors (Lipinski definition) is 1. The van der Waals surface area contributed by atoms with E-state index in [1.54, 1.807) is 6.92 Å². The van der Waals surface area contributed by atoms with Gasteiger partial charge in [0.15, 0.2) is 17.7 Å². The van der Waals surface area contributed by atoms with Crippen molar-refractivity contribution < 1.29 is 23.4 Å². The zero-order valence-corrected chi connectivity index (χ0v) is 8.04. The highest BCUT2D eigenvalue weighted by atomic mass is 19.2. The fraction of sp³-hybridized carbons (Fsp3) is 0.300. The highest BCUT2D eigenvalue weighted by Gasteiger charge is 2.19. The topological polar surface area (TPSA) is 46.5 Å². The van der Waals surface area contributed by atoms with Crippen LogP contribution in [0.1, 0.15) is 18.6 Å². The maximum absolute atomic E-state index is 12.8. The average Bonchev–Trinajstić information content (AvgIpc) is 2.21. The Morgan fingerprint density at radius 1 is 1.47 bits per heavy atom. The van der Waals surface area contributed by atoms with Gasteiger partial charge in [-0.15, -0.1) is 0 Å². The molecule has 0 amide bonds. The minimum Gasteiger partial charge on any atom is -0.464 e. The Bertz CT molecular complexity index is 366. The first kappa shape index (κ1) is 11.6. The standard InChI is InChI=1S/C10H10F2O3/c1-2-15-10(14)9(13)6-3-4-7(11)8(12)5-6/h3-5,9,13H,2H2,1H3/t9-/m1/s1. The number of halogens is 2. The van der Waals surface area contributed by atoms with E-state index in [9.17, 15) is 18.7 Å². The number of aliphatic hydroxyl groups is 1. The lowest BCUT2D eigenvalue weighted by Crippen LogP contribution is -2.15. The van der Waals surface area contributed by atoms with Crippen molar-refractivity contribution in [2.24, 2.45) is 0 Å². The lowest BCUT2D eigenvalue weighted by molar-refractivity contribution is -0.153. The van der Waals surface area contributed by atoms with E-state index in [4.69, 9.17) is 0 Å². The second-order valence-electron chi connectivity index (χ2n) is 2.83. The van der Waals surface area contributed by atoms with Gasteiger partial charge in [0, 0.05) is 0 Å². The molecule has 0 saturated heterocycles. The summed E-state index contributed by atoms with van der Waals surface area (Å²) in [6.07, 6.45) is -1.58. The first-order valence-corrected chi connectivity index (χ1v) is 4.36. The number of benzene rings is 1. The summed E-state index contributed by atoms with van der Waals surface area (Å²) in [4.78, 5) is 11.1. The van der Waals surface area contributed by atoms with Gasteiger partial charge in [0.05, 0.1) is 6.61 Å². The van der Waals surface area contributed by atoms with E-state index in [0.29, 0.717) is 0 Å². The van der Waals surface area contributed by atoms with Gasteiger partial charge in [-0.3, -0.25) is 0 Å². The molecule has 0 aliphatic rings. The maximum atomic E-state index is 12.8. The number of aliphatic hydroxyl groups excluding tert-OH is 1. The van der Waals surface area contributed by atoms with E-state index in [2.05, 4.69) is 4.74 Å². The fourth-order valence-corrected chi connectivity index (χ4v) is 1.04. The maximum Gasteiger partial charge on any atom is 0.339 e. The van der Waals surface area contributed by atoms with Crippen molar-refractivity contribution in [1.29, 1.82) is 0 Å². The Morgan fingerprint density at radius 3 is 2.67 bits per heavy atom. The van der Waals surface area contributed by atoms with Crippen molar-refractivity contribution in [3.8, 4) is 0 Å². The molecule has 0 aromatic heterocycles. The van der Waals surface area contributed by atoms with Gasteiger partial charge in [0.1, 0.15) is 0 Å². The van der Waals surface area contributed by atoms with E-state index in [1.165, 1.54) is 0 Å². The zero-order chi connectivity index (χ0) is 11.4. The highest BCUT2D eigenvalue weighted by molar-refractivity contribution is 5.76. The molecule has 82 valence electrons. The van der Waals surface area contributed by atoms with Gasteiger partial charge in [0.2, 0.25) is 0 Å². The van der Waals surface area contributed by atoms with E-state index < -0.39 is 23.7 Å². The van der Waals surface area contributed by atoms with E-state index >= 15 is 0 Å². The summed E-state index contributed by atoms with van der Waals surface area (Å²) in [5, 5.41) is 9.37. The van der Waals surface area contributed by atoms with E-state index in [-0.39, 0.29) is 12.2 Å². The first-order chi connectivity index (χ1) is 7.06. The van der Waals surface area contributed by atoms with Gasteiger partial charge in [-0.1, -0.05) is 6.07 Å². The van der Waals surface area contributed by atoms with Gasteiger partial charge in [-0.05, 0) is 24.6 Å². The molecule has 0 bridgehead atoms. The third-order valence-electron chi connectivity index (χ3n) is 1.77. The summed E-state index contributed by atoms with van der Waals surface area (Å²) in [7, 11) is 0. The molecular weight excluding hydrogens is 206 g/mol. The molecule has 1 N–H and O–H groups in total. The minimum atomic E-state index is -1.58. The predicted octanol–water partition coefficient (Wildman–Crippen LogP) is 1.56. The van der Waals surface area contributed by atoms with Crippen LogP contribution in [0.2, 0.25) is 0 Å². The SMILES string of the molecule is CCOC(=O)[C@H](O)c1ccc(F)c(F)c1. The van der Waals surface area contributed by atoms with Crippen molar-refractivity contribution in [3.05, 3.63) is 35.4 Å². The summed E-state index contributed by atoms with van der Waals surface area (Å²) in [6, 6.07) is 2.73. The average molecular weight is 216 g/mol. The normalized spacial score (nSPS) is 12.3. The van der Waals surface area contributed by atoms with Crippen LogP contribution in [0.15, 0.2) is 18.2 Å². The zero-order valence-electron chi connectivity index (χ0n) is 8.04. The Hall–Kier alpha value is -1.49. The highest BCUT2D eigenvalue weighted by Crippen LogP contribution is 2.17. The molecule has 1 aromatic rings. The lowest BCUT2D eigenvalue weighted by Gasteiger charge is -2.09. The van der Waals surface area contributed by atoms with Crippen LogP contribution in [0.4, 0.5) is 8.78 Å². The lowest BCUT2D eigenvalue weighted by atomic mass is 10.1. The van der Waals surface area contributed by atoms with Gasteiger partial charge in [-0.25, -0.2) is 13.6 Å². The minimum absolute atomic E-state index is 0.0349. The third kappa shape index (κ3) is 2.73. The van der Waals surface area contributed by atoms with Crippen LogP contribution in [-0.2, 0) is 9.53 Å². The fourth-order valence-electron chi connectivity index (χ4n) is 1.04. The first-order valence-electron chi connectivity index (χ1n) is 4.36. The molecule has 0 radical (unpaired) electrons. The molecule has 0 heterocycles. The second kappa shape index (κ2) is 4.84. The second-order valence-corrected chi connectivity index (χ2v) is 2.83. The van der Waals surface area contributed by atoms with Gasteiger partial charge in [-0.2, -0.15) is 0 Å². The van der Waals surface area contributed by atoms with Crippen molar-refractivity contribution in [1.82, 2.24) is 0 Å². The van der Waals surface area contributed by atoms with Gasteiger partial charge < -0.3 is 9.84 Å². The summed E-state index contributed by atoms with van der Waals surface area (Å²) >= 11 is 0. The van der Waals surface area contributed by atoms with Crippen LogP contribution < -0.4 is 0 Å². The molecule has 1 rings (SSSR count). The van der Waals surface area contributed by atoms with Crippen molar-refractivity contribution in [3.63, 3.8) is 0 Å². The van der Waals surface area contributed by atoms with Crippen LogP contribution in [0.3, 0.4) is 0 Å². The molecule has 1 atom stereocenters. The summed E-state index contributed by atoms with van der Waals surface area (Å²) in [5.41, 5.74) is -0.0349. The molecule has 3 nitrogen and oxygen atoms in total. The van der Waals surface area contributed by atoms with E-state index in [1.807, 2.05) is 0 Å². The molecule has 5 heteroatoms. The molecule has 0 aliphatic carbocycles. The Labute approximate surface area is 85.3 Å². The van der Waals surface area contributed by atoms with Crippen molar-refractivity contribution >= 4 is 5.97 Å². The molecule has 1 aromatic carbocycles. The molecule has 15 heavy (non-hydrogen) atoms. The number of rotatable bonds is 3. The number of carbonyl (C=O) groups is 1. The van der Waals surface area contributed by atoms with Gasteiger partial charge in [0.25, 0.3) is 0 Å². The van der Waals surface area contributed by atoms with Crippen LogP contribution in [-0.4, -0.2) is 17.7 Å². The van der Waals surface area contributed by atoms with Crippen LogP contribution in [0, 0.1) is 11.6 Å². The Kier molecular flexibility index (Phi) is 3.74. The molecule has 0 spiro atoms. The van der Waals surface area contributed by atoms with Crippen molar-refractivity contribution in [2.75, 3.05) is 6.61 Å². The Morgan fingerprint density at radius 2 is 2.13 bits per heavy atom. The smallest absolute Gasteiger partial charge is 0.339 e. The third-order valence-corrected chi connectivity index (χ3v) is 1.77. The number of esters is 1. The largest absolute Gasteiger partial charge is 0.464 e. The molecule has 0 fully saturated rings. The number of hydrogen-bond acceptors (Lipinski definition) is 3. The molecule has 0 saturated carbocycles.